The fourth-order valence-electron chi connectivity index (χ4n) is 2.90. The van der Waals surface area contributed by atoms with E-state index in [0.717, 1.165) is 11.1 Å². The van der Waals surface area contributed by atoms with Crippen LogP contribution in [0.5, 0.6) is 0 Å². The predicted molar refractivity (Wildman–Crippen MR) is 81.2 cm³/mol. The molecule has 0 saturated heterocycles. The molecular formula is C18H20FN. The molecular weight excluding hydrogens is 249 g/mol. The first-order chi connectivity index (χ1) is 9.79. The molecule has 0 spiro atoms. The van der Waals surface area contributed by atoms with Crippen LogP contribution in [-0.4, -0.2) is 7.05 Å². The zero-order valence-electron chi connectivity index (χ0n) is 11.8. The van der Waals surface area contributed by atoms with Gasteiger partial charge in [-0.15, -0.1) is 0 Å². The fourth-order valence-corrected chi connectivity index (χ4v) is 2.90. The van der Waals surface area contributed by atoms with E-state index in [9.17, 15) is 4.39 Å². The third kappa shape index (κ3) is 2.48. The molecule has 0 unspecified atom stereocenters. The van der Waals surface area contributed by atoms with Crippen LogP contribution in [0.4, 0.5) is 4.39 Å². The van der Waals surface area contributed by atoms with Crippen LogP contribution in [0.25, 0.3) is 11.1 Å². The summed E-state index contributed by atoms with van der Waals surface area (Å²) in [6.45, 7) is 0.561. The summed E-state index contributed by atoms with van der Waals surface area (Å²) in [6, 6.07) is 14.0. The average molecular weight is 269 g/mol. The van der Waals surface area contributed by atoms with Crippen molar-refractivity contribution in [3.05, 3.63) is 59.4 Å². The molecule has 0 atom stereocenters. The van der Waals surface area contributed by atoms with Crippen molar-refractivity contribution in [2.24, 2.45) is 0 Å². The summed E-state index contributed by atoms with van der Waals surface area (Å²) < 4.78 is 13.8. The first kappa shape index (κ1) is 13.3. The molecule has 0 aromatic heterocycles. The molecule has 3 rings (SSSR count). The van der Waals surface area contributed by atoms with Crippen LogP contribution in [0.3, 0.4) is 0 Å². The molecule has 1 fully saturated rings. The highest BCUT2D eigenvalue weighted by Gasteiger charge is 2.22. The van der Waals surface area contributed by atoms with Crippen molar-refractivity contribution in [1.29, 1.82) is 0 Å². The molecule has 0 amide bonds. The van der Waals surface area contributed by atoms with Crippen LogP contribution in [0.15, 0.2) is 42.5 Å². The molecule has 1 N–H and O–H groups in total. The Kier molecular flexibility index (Phi) is 3.83. The zero-order chi connectivity index (χ0) is 13.9. The maximum atomic E-state index is 13.8. The number of rotatable bonds is 4. The van der Waals surface area contributed by atoms with Crippen LogP contribution in [-0.2, 0) is 6.54 Å². The average Bonchev–Trinajstić information content (AvgIpc) is 2.40. The van der Waals surface area contributed by atoms with E-state index in [4.69, 9.17) is 0 Å². The van der Waals surface area contributed by atoms with Crippen molar-refractivity contribution in [1.82, 2.24) is 5.32 Å². The smallest absolute Gasteiger partial charge is 0.127 e. The van der Waals surface area contributed by atoms with Gasteiger partial charge < -0.3 is 5.32 Å². The second kappa shape index (κ2) is 5.76. The molecule has 20 heavy (non-hydrogen) atoms. The summed E-state index contributed by atoms with van der Waals surface area (Å²) in [4.78, 5) is 0. The molecule has 104 valence electrons. The van der Waals surface area contributed by atoms with Gasteiger partial charge in [-0.2, -0.15) is 0 Å². The van der Waals surface area contributed by atoms with E-state index in [-0.39, 0.29) is 5.82 Å². The lowest BCUT2D eigenvalue weighted by Crippen LogP contribution is -2.10. The summed E-state index contributed by atoms with van der Waals surface area (Å²) in [7, 11) is 1.84. The highest BCUT2D eigenvalue weighted by Crippen LogP contribution is 2.41. The Morgan fingerprint density at radius 3 is 2.65 bits per heavy atom. The third-order valence-electron chi connectivity index (χ3n) is 4.23. The molecule has 1 nitrogen and oxygen atoms in total. The highest BCUT2D eigenvalue weighted by atomic mass is 19.1. The van der Waals surface area contributed by atoms with Gasteiger partial charge in [0.05, 0.1) is 0 Å². The minimum Gasteiger partial charge on any atom is -0.316 e. The third-order valence-corrected chi connectivity index (χ3v) is 4.23. The molecule has 2 aromatic rings. The van der Waals surface area contributed by atoms with Crippen molar-refractivity contribution >= 4 is 0 Å². The molecule has 1 aliphatic carbocycles. The molecule has 0 bridgehead atoms. The SMILES string of the molecule is CNCc1cc(-c2ccccc2C2CCC2)ccc1F. The highest BCUT2D eigenvalue weighted by molar-refractivity contribution is 5.69. The second-order valence-electron chi connectivity index (χ2n) is 5.55. The van der Waals surface area contributed by atoms with Crippen LogP contribution in [0, 0.1) is 5.82 Å². The van der Waals surface area contributed by atoms with E-state index in [2.05, 4.69) is 29.6 Å². The van der Waals surface area contributed by atoms with Gasteiger partial charge in [0.1, 0.15) is 5.82 Å². The molecule has 0 heterocycles. The molecule has 0 radical (unpaired) electrons. The number of halogens is 1. The first-order valence-corrected chi connectivity index (χ1v) is 7.32. The summed E-state index contributed by atoms with van der Waals surface area (Å²) in [5.74, 6) is 0.549. The Morgan fingerprint density at radius 1 is 1.15 bits per heavy atom. The lowest BCUT2D eigenvalue weighted by Gasteiger charge is -2.28. The molecule has 2 aromatic carbocycles. The Balaban J connectivity index is 2.02. The Hall–Kier alpha value is -1.67. The number of nitrogens with one attached hydrogen (secondary N) is 1. The van der Waals surface area contributed by atoms with Crippen molar-refractivity contribution in [2.75, 3.05) is 7.05 Å². The van der Waals surface area contributed by atoms with Gasteiger partial charge in [0.15, 0.2) is 0 Å². The summed E-state index contributed by atoms with van der Waals surface area (Å²) >= 11 is 0. The lowest BCUT2D eigenvalue weighted by molar-refractivity contribution is 0.420. The van der Waals surface area contributed by atoms with Gasteiger partial charge in [-0.05, 0) is 54.6 Å². The summed E-state index contributed by atoms with van der Waals surface area (Å²) in [6.07, 6.45) is 3.89. The quantitative estimate of drug-likeness (QED) is 0.863. The molecule has 1 aliphatic rings. The van der Waals surface area contributed by atoms with Crippen molar-refractivity contribution in [3.8, 4) is 11.1 Å². The minimum atomic E-state index is -0.135. The maximum Gasteiger partial charge on any atom is 0.127 e. The summed E-state index contributed by atoms with van der Waals surface area (Å²) in [5, 5.41) is 3.02. The van der Waals surface area contributed by atoms with Crippen LogP contribution in [0.2, 0.25) is 0 Å². The molecule has 1 saturated carbocycles. The van der Waals surface area contributed by atoms with E-state index in [1.54, 1.807) is 6.07 Å². The monoisotopic (exact) mass is 269 g/mol. The van der Waals surface area contributed by atoms with E-state index in [1.807, 2.05) is 19.2 Å². The van der Waals surface area contributed by atoms with Gasteiger partial charge in [-0.25, -0.2) is 4.39 Å². The van der Waals surface area contributed by atoms with Crippen LogP contribution < -0.4 is 5.32 Å². The first-order valence-electron chi connectivity index (χ1n) is 7.32. The van der Waals surface area contributed by atoms with Crippen molar-refractivity contribution < 1.29 is 4.39 Å². The minimum absolute atomic E-state index is 0.135. The van der Waals surface area contributed by atoms with Gasteiger partial charge in [0.2, 0.25) is 0 Å². The largest absolute Gasteiger partial charge is 0.316 e. The molecule has 0 aliphatic heterocycles. The number of hydrogen-bond donors (Lipinski definition) is 1. The van der Waals surface area contributed by atoms with E-state index in [1.165, 1.54) is 30.4 Å². The Labute approximate surface area is 119 Å². The molecule has 2 heteroatoms. The topological polar surface area (TPSA) is 12.0 Å². The maximum absolute atomic E-state index is 13.8. The number of hydrogen-bond acceptors (Lipinski definition) is 1. The lowest BCUT2D eigenvalue weighted by atomic mass is 9.77. The predicted octanol–water partition coefficient (Wildman–Crippen LogP) is 4.48. The van der Waals surface area contributed by atoms with Crippen molar-refractivity contribution in [2.45, 2.75) is 31.7 Å². The van der Waals surface area contributed by atoms with Crippen LogP contribution in [0.1, 0.15) is 36.3 Å². The van der Waals surface area contributed by atoms with E-state index < -0.39 is 0 Å². The van der Waals surface area contributed by atoms with Crippen LogP contribution >= 0.6 is 0 Å². The zero-order valence-corrected chi connectivity index (χ0v) is 11.8. The van der Waals surface area contributed by atoms with Gasteiger partial charge in [0, 0.05) is 12.1 Å². The van der Waals surface area contributed by atoms with E-state index in [0.29, 0.717) is 12.5 Å². The van der Waals surface area contributed by atoms with Gasteiger partial charge in [-0.1, -0.05) is 36.8 Å². The summed E-state index contributed by atoms with van der Waals surface area (Å²) in [5.41, 5.74) is 4.53. The van der Waals surface area contributed by atoms with Gasteiger partial charge in [0.25, 0.3) is 0 Å². The standard InChI is InChI=1S/C18H20FN/c1-20-12-15-11-14(9-10-18(15)19)17-8-3-2-7-16(17)13-5-4-6-13/h2-3,7-11,13,20H,4-6,12H2,1H3. The Morgan fingerprint density at radius 2 is 1.95 bits per heavy atom. The van der Waals surface area contributed by atoms with Gasteiger partial charge >= 0.3 is 0 Å². The normalized spacial score (nSPS) is 15.1. The fraction of sp³-hybridized carbons (Fsp3) is 0.333. The second-order valence-corrected chi connectivity index (χ2v) is 5.55. The van der Waals surface area contributed by atoms with Crippen molar-refractivity contribution in [3.63, 3.8) is 0 Å². The number of benzene rings is 2. The van der Waals surface area contributed by atoms with E-state index >= 15 is 0 Å². The van der Waals surface area contributed by atoms with Gasteiger partial charge in [-0.3, -0.25) is 0 Å². The Bertz CT molecular complexity index is 602.